The molecular formula is C12H7ClN4S. The van der Waals surface area contributed by atoms with E-state index in [1.807, 2.05) is 29.6 Å². The highest BCUT2D eigenvalue weighted by Crippen LogP contribution is 2.21. The molecule has 88 valence electrons. The molecule has 3 rings (SSSR count). The zero-order valence-electron chi connectivity index (χ0n) is 9.12. The lowest BCUT2D eigenvalue weighted by Gasteiger charge is -2.01. The van der Waals surface area contributed by atoms with E-state index in [1.54, 1.807) is 6.20 Å². The molecule has 0 unspecified atom stereocenters. The van der Waals surface area contributed by atoms with Crippen molar-refractivity contribution < 1.29 is 0 Å². The largest absolute Gasteiger partial charge is 0.241 e. The lowest BCUT2D eigenvalue weighted by molar-refractivity contribution is 1.06. The van der Waals surface area contributed by atoms with E-state index in [-0.39, 0.29) is 0 Å². The molecule has 0 aliphatic heterocycles. The summed E-state index contributed by atoms with van der Waals surface area (Å²) in [5.41, 5.74) is 0.902. The summed E-state index contributed by atoms with van der Waals surface area (Å²) in [5.74, 6) is 1.21. The third kappa shape index (κ3) is 2.23. The van der Waals surface area contributed by atoms with Gasteiger partial charge in [0.1, 0.15) is 6.33 Å². The Morgan fingerprint density at radius 2 is 1.72 bits per heavy atom. The minimum Gasteiger partial charge on any atom is -0.241 e. The van der Waals surface area contributed by atoms with Crippen LogP contribution in [0.25, 0.3) is 22.2 Å². The molecule has 3 aromatic rings. The zero-order chi connectivity index (χ0) is 12.4. The highest BCUT2D eigenvalue weighted by molar-refractivity contribution is 7.12. The maximum absolute atomic E-state index is 5.85. The fraction of sp³-hybridized carbons (Fsp3) is 0. The van der Waals surface area contributed by atoms with Crippen LogP contribution in [0.15, 0.2) is 42.2 Å². The van der Waals surface area contributed by atoms with Crippen molar-refractivity contribution in [1.82, 2.24) is 19.9 Å². The number of hydrogen-bond acceptors (Lipinski definition) is 5. The normalized spacial score (nSPS) is 10.5. The van der Waals surface area contributed by atoms with E-state index in [0.717, 1.165) is 10.6 Å². The van der Waals surface area contributed by atoms with Crippen LogP contribution in [0.4, 0.5) is 0 Å². The second-order valence-electron chi connectivity index (χ2n) is 3.48. The molecule has 0 fully saturated rings. The van der Waals surface area contributed by atoms with Gasteiger partial charge in [0.25, 0.3) is 0 Å². The number of nitrogens with zero attached hydrogens (tertiary/aromatic N) is 4. The van der Waals surface area contributed by atoms with Crippen molar-refractivity contribution in [2.75, 3.05) is 0 Å². The average Bonchev–Trinajstić information content (AvgIpc) is 2.94. The Kier molecular flexibility index (Phi) is 3.00. The van der Waals surface area contributed by atoms with Gasteiger partial charge in [-0.1, -0.05) is 11.6 Å². The Balaban J connectivity index is 2.03. The minimum absolute atomic E-state index is 0.588. The molecule has 0 saturated carbocycles. The topological polar surface area (TPSA) is 51.6 Å². The van der Waals surface area contributed by atoms with Crippen molar-refractivity contribution in [3.63, 3.8) is 0 Å². The fourth-order valence-electron chi connectivity index (χ4n) is 1.47. The van der Waals surface area contributed by atoms with E-state index in [2.05, 4.69) is 19.9 Å². The van der Waals surface area contributed by atoms with Crippen LogP contribution in [-0.2, 0) is 0 Å². The fourth-order valence-corrected chi connectivity index (χ4v) is 2.17. The highest BCUT2D eigenvalue weighted by Gasteiger charge is 2.07. The van der Waals surface area contributed by atoms with Crippen LogP contribution >= 0.6 is 22.9 Å². The Labute approximate surface area is 112 Å². The Morgan fingerprint density at radius 1 is 0.944 bits per heavy atom. The predicted molar refractivity (Wildman–Crippen MR) is 71.4 cm³/mol. The number of thiazole rings is 1. The van der Waals surface area contributed by atoms with Crippen LogP contribution < -0.4 is 0 Å². The number of halogens is 1. The number of aromatic nitrogens is 4. The van der Waals surface area contributed by atoms with Gasteiger partial charge >= 0.3 is 0 Å². The second kappa shape index (κ2) is 4.80. The van der Waals surface area contributed by atoms with Crippen LogP contribution in [0.2, 0.25) is 5.02 Å². The van der Waals surface area contributed by atoms with Crippen molar-refractivity contribution in [1.29, 1.82) is 0 Å². The molecule has 2 aromatic heterocycles. The molecule has 0 radical (unpaired) electrons. The average molecular weight is 275 g/mol. The Morgan fingerprint density at radius 3 is 2.44 bits per heavy atom. The smallest absolute Gasteiger partial charge is 0.192 e. The molecule has 0 spiro atoms. The zero-order valence-corrected chi connectivity index (χ0v) is 10.7. The molecule has 0 amide bonds. The van der Waals surface area contributed by atoms with E-state index in [0.29, 0.717) is 16.7 Å². The molecule has 0 bridgehead atoms. The number of benzene rings is 1. The van der Waals surface area contributed by atoms with Crippen molar-refractivity contribution in [2.24, 2.45) is 0 Å². The molecular weight excluding hydrogens is 268 g/mol. The molecule has 6 heteroatoms. The third-order valence-corrected chi connectivity index (χ3v) is 3.32. The van der Waals surface area contributed by atoms with Gasteiger partial charge < -0.3 is 0 Å². The van der Waals surface area contributed by atoms with Crippen LogP contribution in [0.3, 0.4) is 0 Å². The highest BCUT2D eigenvalue weighted by atomic mass is 35.5. The van der Waals surface area contributed by atoms with Gasteiger partial charge in [-0.05, 0) is 24.3 Å². The summed E-state index contributed by atoms with van der Waals surface area (Å²) < 4.78 is 0. The molecule has 0 aliphatic rings. The third-order valence-electron chi connectivity index (χ3n) is 2.30. The van der Waals surface area contributed by atoms with Crippen molar-refractivity contribution in [3.05, 3.63) is 47.2 Å². The molecule has 2 heterocycles. The first kappa shape index (κ1) is 11.3. The van der Waals surface area contributed by atoms with Gasteiger partial charge in [-0.25, -0.2) is 19.9 Å². The molecule has 0 N–H and O–H groups in total. The SMILES string of the molecule is Clc1ccc(-c2ncnc(-c3nccs3)n2)cc1. The maximum atomic E-state index is 5.85. The molecule has 1 aromatic carbocycles. The Bertz CT molecular complexity index is 652. The van der Waals surface area contributed by atoms with E-state index >= 15 is 0 Å². The van der Waals surface area contributed by atoms with Gasteiger partial charge in [0.15, 0.2) is 16.7 Å². The van der Waals surface area contributed by atoms with E-state index in [1.165, 1.54) is 17.7 Å². The van der Waals surface area contributed by atoms with Crippen molar-refractivity contribution in [2.45, 2.75) is 0 Å². The van der Waals surface area contributed by atoms with Gasteiger partial charge in [0.2, 0.25) is 0 Å². The molecule has 4 nitrogen and oxygen atoms in total. The summed E-state index contributed by atoms with van der Waals surface area (Å²) in [6.45, 7) is 0. The standard InChI is InChI=1S/C12H7ClN4S/c13-9-3-1-8(2-4-9)10-15-7-16-11(17-10)12-14-5-6-18-12/h1-7H. The lowest BCUT2D eigenvalue weighted by Crippen LogP contribution is -1.94. The second-order valence-corrected chi connectivity index (χ2v) is 4.81. The van der Waals surface area contributed by atoms with E-state index < -0.39 is 0 Å². The van der Waals surface area contributed by atoms with Crippen molar-refractivity contribution >= 4 is 22.9 Å². The van der Waals surface area contributed by atoms with E-state index in [9.17, 15) is 0 Å². The summed E-state index contributed by atoms with van der Waals surface area (Å²) >= 11 is 7.35. The summed E-state index contributed by atoms with van der Waals surface area (Å²) in [4.78, 5) is 16.9. The van der Waals surface area contributed by atoms with Crippen LogP contribution in [-0.4, -0.2) is 19.9 Å². The first-order chi connectivity index (χ1) is 8.83. The molecule has 0 saturated heterocycles. The van der Waals surface area contributed by atoms with Gasteiger partial charge in [-0.3, -0.25) is 0 Å². The van der Waals surface area contributed by atoms with Gasteiger partial charge in [-0.2, -0.15) is 0 Å². The maximum Gasteiger partial charge on any atom is 0.192 e. The monoisotopic (exact) mass is 274 g/mol. The van der Waals surface area contributed by atoms with Gasteiger partial charge in [0, 0.05) is 22.2 Å². The van der Waals surface area contributed by atoms with Crippen molar-refractivity contribution in [3.8, 4) is 22.2 Å². The lowest BCUT2D eigenvalue weighted by atomic mass is 10.2. The Hall–Kier alpha value is -1.85. The minimum atomic E-state index is 0.588. The van der Waals surface area contributed by atoms with Crippen LogP contribution in [0, 0.1) is 0 Å². The first-order valence-electron chi connectivity index (χ1n) is 5.18. The van der Waals surface area contributed by atoms with Gasteiger partial charge in [-0.15, -0.1) is 11.3 Å². The van der Waals surface area contributed by atoms with Crippen LogP contribution in [0.5, 0.6) is 0 Å². The number of rotatable bonds is 2. The van der Waals surface area contributed by atoms with E-state index in [4.69, 9.17) is 11.6 Å². The van der Waals surface area contributed by atoms with Crippen LogP contribution in [0.1, 0.15) is 0 Å². The molecule has 0 aliphatic carbocycles. The summed E-state index contributed by atoms with van der Waals surface area (Å²) in [7, 11) is 0. The predicted octanol–water partition coefficient (Wildman–Crippen LogP) is 3.32. The summed E-state index contributed by atoms with van der Waals surface area (Å²) in [6.07, 6.45) is 3.22. The quantitative estimate of drug-likeness (QED) is 0.719. The molecule has 0 atom stereocenters. The summed E-state index contributed by atoms with van der Waals surface area (Å²) in [6, 6.07) is 7.38. The van der Waals surface area contributed by atoms with Gasteiger partial charge in [0.05, 0.1) is 0 Å². The first-order valence-corrected chi connectivity index (χ1v) is 6.43. The summed E-state index contributed by atoms with van der Waals surface area (Å²) in [5, 5.41) is 3.36. The molecule has 18 heavy (non-hydrogen) atoms. The number of hydrogen-bond donors (Lipinski definition) is 0.